The first-order valence-corrected chi connectivity index (χ1v) is 5.05. The number of hydrogen-bond donors (Lipinski definition) is 0. The Balaban J connectivity index is 2.43. The standard InChI is InChI=1S/C13H15N/c1-10-7-8-12-5-3-4-6-13(12)9-14-11(10)2/h3-6,9H,7-8H2,1-2H3. The van der Waals surface area contributed by atoms with Gasteiger partial charge in [0.15, 0.2) is 0 Å². The van der Waals surface area contributed by atoms with Crippen LogP contribution in [-0.2, 0) is 6.42 Å². The molecule has 1 aliphatic heterocycles. The number of hydrogen-bond acceptors (Lipinski definition) is 1. The van der Waals surface area contributed by atoms with Gasteiger partial charge < -0.3 is 0 Å². The van der Waals surface area contributed by atoms with E-state index in [2.05, 4.69) is 43.1 Å². The lowest BCUT2D eigenvalue weighted by Gasteiger charge is -2.10. The number of nitrogens with zero attached hydrogens (tertiary/aromatic N) is 1. The topological polar surface area (TPSA) is 12.4 Å². The summed E-state index contributed by atoms with van der Waals surface area (Å²) < 4.78 is 0. The van der Waals surface area contributed by atoms with Crippen molar-refractivity contribution in [3.63, 3.8) is 0 Å². The molecule has 0 aliphatic carbocycles. The first-order valence-electron chi connectivity index (χ1n) is 5.05. The van der Waals surface area contributed by atoms with Crippen LogP contribution in [0.3, 0.4) is 0 Å². The molecule has 1 heterocycles. The average molecular weight is 185 g/mol. The van der Waals surface area contributed by atoms with Crippen LogP contribution in [0.2, 0.25) is 0 Å². The van der Waals surface area contributed by atoms with E-state index in [9.17, 15) is 0 Å². The number of benzene rings is 1. The Labute approximate surface area is 85.2 Å². The third kappa shape index (κ3) is 1.77. The summed E-state index contributed by atoms with van der Waals surface area (Å²) in [5.41, 5.74) is 5.23. The Hall–Kier alpha value is -1.37. The molecule has 0 fully saturated rings. The highest BCUT2D eigenvalue weighted by Gasteiger charge is 2.04. The van der Waals surface area contributed by atoms with E-state index in [1.807, 2.05) is 6.21 Å². The van der Waals surface area contributed by atoms with Gasteiger partial charge in [0.05, 0.1) is 0 Å². The molecular weight excluding hydrogens is 170 g/mol. The maximum atomic E-state index is 4.46. The Morgan fingerprint density at radius 3 is 2.71 bits per heavy atom. The van der Waals surface area contributed by atoms with Crippen LogP contribution in [0.15, 0.2) is 40.5 Å². The molecule has 2 rings (SSSR count). The molecule has 0 atom stereocenters. The maximum Gasteiger partial charge on any atom is 0.0362 e. The van der Waals surface area contributed by atoms with Gasteiger partial charge in [-0.05, 0) is 37.8 Å². The van der Waals surface area contributed by atoms with E-state index in [-0.39, 0.29) is 0 Å². The van der Waals surface area contributed by atoms with E-state index in [1.54, 1.807) is 0 Å². The van der Waals surface area contributed by atoms with E-state index in [0.717, 1.165) is 12.8 Å². The summed E-state index contributed by atoms with van der Waals surface area (Å²) in [4.78, 5) is 4.46. The van der Waals surface area contributed by atoms with Gasteiger partial charge in [-0.3, -0.25) is 4.99 Å². The first-order chi connectivity index (χ1) is 6.77. The van der Waals surface area contributed by atoms with Crippen molar-refractivity contribution in [2.75, 3.05) is 0 Å². The van der Waals surface area contributed by atoms with Crippen LogP contribution in [0.5, 0.6) is 0 Å². The van der Waals surface area contributed by atoms with Crippen LogP contribution < -0.4 is 0 Å². The van der Waals surface area contributed by atoms with E-state index in [1.165, 1.54) is 22.4 Å². The second kappa shape index (κ2) is 3.79. The van der Waals surface area contributed by atoms with Crippen molar-refractivity contribution in [3.8, 4) is 0 Å². The van der Waals surface area contributed by atoms with Crippen molar-refractivity contribution in [2.45, 2.75) is 26.7 Å². The zero-order valence-corrected chi connectivity index (χ0v) is 8.75. The second-order valence-electron chi connectivity index (χ2n) is 3.82. The highest BCUT2D eigenvalue weighted by Crippen LogP contribution is 2.18. The SMILES string of the molecule is CC1=C(C)N=Cc2ccccc2CC1. The highest BCUT2D eigenvalue weighted by atomic mass is 14.7. The third-order valence-corrected chi connectivity index (χ3v) is 2.84. The molecule has 1 heteroatoms. The minimum atomic E-state index is 1.13. The van der Waals surface area contributed by atoms with Crippen molar-refractivity contribution in [1.82, 2.24) is 0 Å². The number of aliphatic imine (C=N–C) groups is 1. The summed E-state index contributed by atoms with van der Waals surface area (Å²) in [7, 11) is 0. The largest absolute Gasteiger partial charge is 0.261 e. The number of allylic oxidation sites excluding steroid dienone is 2. The van der Waals surface area contributed by atoms with Crippen molar-refractivity contribution >= 4 is 6.21 Å². The van der Waals surface area contributed by atoms with Crippen LogP contribution >= 0.6 is 0 Å². The first kappa shape index (κ1) is 9.20. The van der Waals surface area contributed by atoms with Crippen molar-refractivity contribution in [3.05, 3.63) is 46.7 Å². The quantitative estimate of drug-likeness (QED) is 0.587. The molecule has 0 radical (unpaired) electrons. The lowest BCUT2D eigenvalue weighted by Crippen LogP contribution is -1.98. The van der Waals surface area contributed by atoms with E-state index in [0.29, 0.717) is 0 Å². The Morgan fingerprint density at radius 1 is 1.07 bits per heavy atom. The van der Waals surface area contributed by atoms with Gasteiger partial charge in [0.25, 0.3) is 0 Å². The smallest absolute Gasteiger partial charge is 0.0362 e. The van der Waals surface area contributed by atoms with Gasteiger partial charge in [0, 0.05) is 11.9 Å². The minimum Gasteiger partial charge on any atom is -0.261 e. The summed E-state index contributed by atoms with van der Waals surface area (Å²) in [5, 5.41) is 0. The normalized spacial score (nSPS) is 16.1. The monoisotopic (exact) mass is 185 g/mol. The molecule has 0 unspecified atom stereocenters. The maximum absolute atomic E-state index is 4.46. The van der Waals surface area contributed by atoms with E-state index in [4.69, 9.17) is 0 Å². The number of aryl methyl sites for hydroxylation is 1. The minimum absolute atomic E-state index is 1.13. The lowest BCUT2D eigenvalue weighted by atomic mass is 9.99. The zero-order chi connectivity index (χ0) is 9.97. The molecule has 0 N–H and O–H groups in total. The van der Waals surface area contributed by atoms with Gasteiger partial charge in [-0.1, -0.05) is 29.8 Å². The predicted molar refractivity (Wildman–Crippen MR) is 60.7 cm³/mol. The Bertz CT molecular complexity index is 399. The molecule has 1 aliphatic rings. The second-order valence-corrected chi connectivity index (χ2v) is 3.82. The number of fused-ring (bicyclic) bond motifs is 1. The summed E-state index contributed by atoms with van der Waals surface area (Å²) >= 11 is 0. The van der Waals surface area contributed by atoms with Gasteiger partial charge in [-0.15, -0.1) is 0 Å². The summed E-state index contributed by atoms with van der Waals surface area (Å²) in [6.45, 7) is 4.25. The van der Waals surface area contributed by atoms with Crippen LogP contribution in [0.25, 0.3) is 0 Å². The van der Waals surface area contributed by atoms with Crippen LogP contribution in [0, 0.1) is 0 Å². The fourth-order valence-corrected chi connectivity index (χ4v) is 1.67. The van der Waals surface area contributed by atoms with Gasteiger partial charge in [0.2, 0.25) is 0 Å². The van der Waals surface area contributed by atoms with Crippen LogP contribution in [0.1, 0.15) is 31.4 Å². The lowest BCUT2D eigenvalue weighted by molar-refractivity contribution is 0.911. The van der Waals surface area contributed by atoms with Crippen LogP contribution in [-0.4, -0.2) is 6.21 Å². The molecule has 1 aromatic carbocycles. The van der Waals surface area contributed by atoms with Gasteiger partial charge in [-0.2, -0.15) is 0 Å². The predicted octanol–water partition coefficient (Wildman–Crippen LogP) is 3.35. The Morgan fingerprint density at radius 2 is 1.86 bits per heavy atom. The summed E-state index contributed by atoms with van der Waals surface area (Å²) in [6.07, 6.45) is 4.23. The molecule has 1 aromatic rings. The van der Waals surface area contributed by atoms with Crippen LogP contribution in [0.4, 0.5) is 0 Å². The van der Waals surface area contributed by atoms with Gasteiger partial charge >= 0.3 is 0 Å². The molecule has 72 valence electrons. The third-order valence-electron chi connectivity index (χ3n) is 2.84. The molecule has 14 heavy (non-hydrogen) atoms. The molecule has 0 spiro atoms. The van der Waals surface area contributed by atoms with E-state index < -0.39 is 0 Å². The Kier molecular flexibility index (Phi) is 2.49. The molecule has 0 saturated heterocycles. The molecule has 0 saturated carbocycles. The highest BCUT2D eigenvalue weighted by molar-refractivity contribution is 5.82. The molecule has 0 aromatic heterocycles. The van der Waals surface area contributed by atoms with Crippen molar-refractivity contribution < 1.29 is 0 Å². The average Bonchev–Trinajstić information content (AvgIpc) is 2.21. The van der Waals surface area contributed by atoms with Gasteiger partial charge in [-0.25, -0.2) is 0 Å². The molecule has 0 bridgehead atoms. The number of rotatable bonds is 0. The molecular formula is C13H15N. The fourth-order valence-electron chi connectivity index (χ4n) is 1.67. The van der Waals surface area contributed by atoms with Gasteiger partial charge in [0.1, 0.15) is 0 Å². The fraction of sp³-hybridized carbons (Fsp3) is 0.308. The zero-order valence-electron chi connectivity index (χ0n) is 8.75. The summed E-state index contributed by atoms with van der Waals surface area (Å²) in [5.74, 6) is 0. The molecule has 1 nitrogen and oxygen atoms in total. The van der Waals surface area contributed by atoms with E-state index >= 15 is 0 Å². The van der Waals surface area contributed by atoms with Crippen molar-refractivity contribution in [2.24, 2.45) is 4.99 Å². The molecule has 0 amide bonds. The summed E-state index contributed by atoms with van der Waals surface area (Å²) in [6, 6.07) is 8.49. The van der Waals surface area contributed by atoms with Crippen molar-refractivity contribution in [1.29, 1.82) is 0 Å².